The smallest absolute Gasteiger partial charge is 0.231 e. The second-order valence-corrected chi connectivity index (χ2v) is 11.0. The van der Waals surface area contributed by atoms with Crippen molar-refractivity contribution in [3.63, 3.8) is 0 Å². The molecule has 1 unspecified atom stereocenters. The van der Waals surface area contributed by atoms with E-state index < -0.39 is 12.1 Å². The normalized spacial score (nSPS) is 21.6. The van der Waals surface area contributed by atoms with Crippen molar-refractivity contribution in [1.82, 2.24) is 24.4 Å². The predicted octanol–water partition coefficient (Wildman–Crippen LogP) is 3.99. The SMILES string of the molecule is Nc1ncn(CCC2CCN(C(=O)C3C[C@@H]3F)CC2)c2nc(Sc3cc4c(cc3Br)OCO4)nc1-2. The number of piperidine rings is 1. The molecule has 0 bridgehead atoms. The summed E-state index contributed by atoms with van der Waals surface area (Å²) in [6.45, 7) is 2.35. The Morgan fingerprint density at radius 2 is 1.97 bits per heavy atom. The average molecular weight is 563 g/mol. The highest BCUT2D eigenvalue weighted by atomic mass is 79.9. The first kappa shape index (κ1) is 22.8. The van der Waals surface area contributed by atoms with E-state index in [1.165, 1.54) is 11.8 Å². The molecule has 2 atom stereocenters. The number of nitrogens with zero attached hydrogens (tertiary/aromatic N) is 5. The quantitative estimate of drug-likeness (QED) is 0.480. The van der Waals surface area contributed by atoms with Crippen molar-refractivity contribution in [3.8, 4) is 23.0 Å². The fraction of sp³-hybridized carbons (Fsp3) is 0.478. The molecule has 2 N–H and O–H groups in total. The Bertz CT molecular complexity index is 1250. The number of amides is 1. The van der Waals surface area contributed by atoms with Crippen LogP contribution in [0, 0.1) is 11.8 Å². The van der Waals surface area contributed by atoms with Gasteiger partial charge in [-0.25, -0.2) is 19.3 Å². The van der Waals surface area contributed by atoms with Gasteiger partial charge in [0.05, 0.1) is 12.2 Å². The second-order valence-electron chi connectivity index (χ2n) is 9.16. The molecule has 4 aliphatic heterocycles. The molecule has 1 amide bonds. The summed E-state index contributed by atoms with van der Waals surface area (Å²) in [7, 11) is 0. The van der Waals surface area contributed by atoms with Crippen molar-refractivity contribution < 1.29 is 18.7 Å². The van der Waals surface area contributed by atoms with Gasteiger partial charge >= 0.3 is 0 Å². The van der Waals surface area contributed by atoms with Crippen LogP contribution in [0.2, 0.25) is 0 Å². The molecule has 4 heterocycles. The van der Waals surface area contributed by atoms with E-state index in [0.717, 1.165) is 35.2 Å². The number of ether oxygens (including phenoxy) is 2. The highest BCUT2D eigenvalue weighted by Crippen LogP contribution is 2.43. The average Bonchev–Trinajstić information content (AvgIpc) is 3.21. The number of rotatable bonds is 6. The van der Waals surface area contributed by atoms with Crippen molar-refractivity contribution in [1.29, 1.82) is 0 Å². The van der Waals surface area contributed by atoms with Crippen LogP contribution in [0.15, 0.2) is 33.0 Å². The van der Waals surface area contributed by atoms with Crippen LogP contribution >= 0.6 is 27.7 Å². The number of likely N-dealkylation sites (tertiary alicyclic amines) is 1. The summed E-state index contributed by atoms with van der Waals surface area (Å²) in [5.74, 6) is 2.53. The molecule has 35 heavy (non-hydrogen) atoms. The van der Waals surface area contributed by atoms with Crippen molar-refractivity contribution in [2.45, 2.75) is 48.5 Å². The summed E-state index contributed by atoms with van der Waals surface area (Å²) in [4.78, 5) is 28.7. The number of benzene rings is 1. The fourth-order valence-corrected chi connectivity index (χ4v) is 5.99. The number of fused-ring (bicyclic) bond motifs is 2. The predicted molar refractivity (Wildman–Crippen MR) is 130 cm³/mol. The molecule has 2 fully saturated rings. The molecule has 6 rings (SSSR count). The lowest BCUT2D eigenvalue weighted by Crippen LogP contribution is -2.39. The number of imidazole rings is 1. The van der Waals surface area contributed by atoms with Gasteiger partial charge in [0, 0.05) is 29.0 Å². The van der Waals surface area contributed by atoms with Gasteiger partial charge in [-0.15, -0.1) is 0 Å². The van der Waals surface area contributed by atoms with Crippen molar-refractivity contribution in [2.75, 3.05) is 25.6 Å². The summed E-state index contributed by atoms with van der Waals surface area (Å²) in [5, 5.41) is 0.575. The number of aromatic nitrogens is 4. The van der Waals surface area contributed by atoms with E-state index in [-0.39, 0.29) is 12.7 Å². The van der Waals surface area contributed by atoms with Gasteiger partial charge in [0.1, 0.15) is 6.17 Å². The Labute approximate surface area is 214 Å². The second kappa shape index (κ2) is 9.12. The summed E-state index contributed by atoms with van der Waals surface area (Å²) >= 11 is 4.99. The van der Waals surface area contributed by atoms with Crippen molar-refractivity contribution in [3.05, 3.63) is 22.9 Å². The lowest BCUT2D eigenvalue weighted by molar-refractivity contribution is -0.134. The number of anilines is 1. The third-order valence-electron chi connectivity index (χ3n) is 6.83. The number of hydrogen-bond acceptors (Lipinski definition) is 8. The van der Waals surface area contributed by atoms with Gasteiger partial charge in [-0.1, -0.05) is 0 Å². The van der Waals surface area contributed by atoms with E-state index in [4.69, 9.17) is 20.2 Å². The molecule has 5 aliphatic rings. The third-order valence-corrected chi connectivity index (χ3v) is 8.68. The molecule has 1 aromatic rings. The Hall–Kier alpha value is -2.60. The Morgan fingerprint density at radius 3 is 2.71 bits per heavy atom. The Balaban J connectivity index is 1.12. The number of carbonyl (C=O) groups excluding carboxylic acids is 1. The molecule has 0 radical (unpaired) electrons. The maximum absolute atomic E-state index is 13.2. The van der Waals surface area contributed by atoms with E-state index >= 15 is 0 Å². The zero-order valence-corrected chi connectivity index (χ0v) is 21.2. The highest BCUT2D eigenvalue weighted by molar-refractivity contribution is 9.10. The number of halogens is 2. The first-order valence-electron chi connectivity index (χ1n) is 11.6. The molecule has 1 aromatic carbocycles. The zero-order valence-electron chi connectivity index (χ0n) is 18.8. The molecular formula is C23H24BrFN6O3S. The van der Waals surface area contributed by atoms with Gasteiger partial charge in [0.2, 0.25) is 12.7 Å². The summed E-state index contributed by atoms with van der Waals surface area (Å²) < 4.78 is 27.0. The molecular weight excluding hydrogens is 539 g/mol. The maximum Gasteiger partial charge on any atom is 0.231 e. The molecule has 12 heteroatoms. The van der Waals surface area contributed by atoms with Crippen molar-refractivity contribution in [2.24, 2.45) is 11.8 Å². The van der Waals surface area contributed by atoms with E-state index in [0.29, 0.717) is 59.4 Å². The monoisotopic (exact) mass is 562 g/mol. The molecule has 1 saturated heterocycles. The Kier molecular flexibility index (Phi) is 5.95. The van der Waals surface area contributed by atoms with E-state index in [1.807, 2.05) is 21.6 Å². The van der Waals surface area contributed by atoms with Gasteiger partial charge < -0.3 is 24.7 Å². The molecule has 1 aliphatic carbocycles. The van der Waals surface area contributed by atoms with Crippen LogP contribution in [0.5, 0.6) is 11.5 Å². The zero-order chi connectivity index (χ0) is 24.1. The highest BCUT2D eigenvalue weighted by Gasteiger charge is 2.46. The molecule has 0 spiro atoms. The standard InChI is InChI=1S/C23H24BrFN6O3S/c24-14-8-16-17(34-11-33-16)9-18(14)35-23-28-19-20(26)27-10-31(21(19)29-23)6-3-12-1-4-30(5-2-12)22(32)13-7-15(13)25/h8-10,12-13,15H,1-7,11,26H2/t13?,15-/m0/s1. The number of nitrogens with two attached hydrogens (primary N) is 1. The number of nitrogen functional groups attached to an aromatic ring is 1. The van der Waals surface area contributed by atoms with Crippen LogP contribution in [0.4, 0.5) is 10.2 Å². The summed E-state index contributed by atoms with van der Waals surface area (Å²) in [6.07, 6.45) is 3.95. The third kappa shape index (κ3) is 4.53. The number of alkyl halides is 1. The first-order valence-corrected chi connectivity index (χ1v) is 13.3. The minimum absolute atomic E-state index is 0.0130. The summed E-state index contributed by atoms with van der Waals surface area (Å²) in [6, 6.07) is 3.78. The van der Waals surface area contributed by atoms with Crippen LogP contribution in [-0.2, 0) is 11.3 Å². The van der Waals surface area contributed by atoms with E-state index in [1.54, 1.807) is 6.33 Å². The van der Waals surface area contributed by atoms with Gasteiger partial charge in [0.15, 0.2) is 34.0 Å². The van der Waals surface area contributed by atoms with Gasteiger partial charge in [-0.2, -0.15) is 0 Å². The minimum Gasteiger partial charge on any atom is -0.454 e. The fourth-order valence-electron chi connectivity index (χ4n) is 4.64. The summed E-state index contributed by atoms with van der Waals surface area (Å²) in [5.41, 5.74) is 6.69. The van der Waals surface area contributed by atoms with Gasteiger partial charge in [-0.05, 0) is 71.4 Å². The van der Waals surface area contributed by atoms with Crippen molar-refractivity contribution >= 4 is 39.4 Å². The molecule has 184 valence electrons. The van der Waals surface area contributed by atoms with Gasteiger partial charge in [-0.3, -0.25) is 4.79 Å². The number of aryl methyl sites for hydroxylation is 1. The number of hydrogen-bond donors (Lipinski definition) is 1. The molecule has 9 nitrogen and oxygen atoms in total. The van der Waals surface area contributed by atoms with Crippen LogP contribution < -0.4 is 15.2 Å². The van der Waals surface area contributed by atoms with Crippen LogP contribution in [0.25, 0.3) is 11.5 Å². The topological polar surface area (TPSA) is 108 Å². The largest absolute Gasteiger partial charge is 0.454 e. The minimum atomic E-state index is -0.933. The molecule has 1 saturated carbocycles. The Morgan fingerprint density at radius 1 is 1.23 bits per heavy atom. The van der Waals surface area contributed by atoms with E-state index in [2.05, 4.69) is 25.9 Å². The van der Waals surface area contributed by atoms with Crippen LogP contribution in [0.3, 0.4) is 0 Å². The first-order chi connectivity index (χ1) is 17.0. The maximum atomic E-state index is 13.2. The number of carbonyl (C=O) groups is 1. The van der Waals surface area contributed by atoms with Gasteiger partial charge in [0.25, 0.3) is 0 Å². The lowest BCUT2D eigenvalue weighted by Gasteiger charge is -2.32. The van der Waals surface area contributed by atoms with E-state index in [9.17, 15) is 9.18 Å². The lowest BCUT2D eigenvalue weighted by atomic mass is 9.93. The molecule has 0 aromatic heterocycles. The van der Waals surface area contributed by atoms with Crippen LogP contribution in [-0.4, -0.2) is 56.4 Å². The van der Waals surface area contributed by atoms with Crippen LogP contribution in [0.1, 0.15) is 25.7 Å².